The molecule has 1 aliphatic heterocycles. The van der Waals surface area contributed by atoms with E-state index < -0.39 is 5.97 Å². The fourth-order valence-corrected chi connectivity index (χ4v) is 6.37. The standard InChI is InChI=1S/C26H36N4O3/c1-4-29(21-11-12-21)25(31)19-14-28(15-19)20-9-7-18(8-10-20)16(2)30-17(3)23(26(32)33)22-6-5-13-27-24(22)30/h5-6,13,16,18-21H,4,7-12,14-15H2,1-3H3,(H,32,33). The van der Waals surface area contributed by atoms with Gasteiger partial charge in [0, 0.05) is 55.0 Å². The molecule has 0 radical (unpaired) electrons. The van der Waals surface area contributed by atoms with Gasteiger partial charge in [0.25, 0.3) is 0 Å². The van der Waals surface area contributed by atoms with Crippen molar-refractivity contribution < 1.29 is 14.7 Å². The second kappa shape index (κ2) is 8.75. The molecule has 3 heterocycles. The van der Waals surface area contributed by atoms with Gasteiger partial charge in [-0.15, -0.1) is 0 Å². The van der Waals surface area contributed by atoms with Crippen molar-refractivity contribution in [1.29, 1.82) is 0 Å². The summed E-state index contributed by atoms with van der Waals surface area (Å²) in [6.45, 7) is 8.90. The lowest BCUT2D eigenvalue weighted by molar-refractivity contribution is -0.143. The molecular formula is C26H36N4O3. The zero-order chi connectivity index (χ0) is 23.3. The number of aromatic nitrogens is 2. The Morgan fingerprint density at radius 1 is 1.18 bits per heavy atom. The third kappa shape index (κ3) is 3.94. The zero-order valence-electron chi connectivity index (χ0n) is 20.0. The molecule has 1 N–H and O–H groups in total. The molecule has 5 rings (SSSR count). The molecule has 3 aliphatic rings. The van der Waals surface area contributed by atoms with Crippen molar-refractivity contribution in [1.82, 2.24) is 19.4 Å². The number of carboxylic acids is 1. The first-order valence-corrected chi connectivity index (χ1v) is 12.6. The maximum Gasteiger partial charge on any atom is 0.338 e. The molecule has 2 saturated carbocycles. The molecule has 2 aromatic heterocycles. The fourth-order valence-electron chi connectivity index (χ4n) is 6.37. The molecule has 33 heavy (non-hydrogen) atoms. The number of amides is 1. The lowest BCUT2D eigenvalue weighted by atomic mass is 9.79. The van der Waals surface area contributed by atoms with Crippen molar-refractivity contribution in [3.05, 3.63) is 29.6 Å². The summed E-state index contributed by atoms with van der Waals surface area (Å²) in [5.41, 5.74) is 1.95. The summed E-state index contributed by atoms with van der Waals surface area (Å²) >= 11 is 0. The minimum atomic E-state index is -0.884. The number of carboxylic acid groups (broad SMARTS) is 1. The van der Waals surface area contributed by atoms with E-state index in [1.54, 1.807) is 6.20 Å². The molecular weight excluding hydrogens is 416 g/mol. The molecule has 0 aromatic carbocycles. The van der Waals surface area contributed by atoms with E-state index in [4.69, 9.17) is 0 Å². The van der Waals surface area contributed by atoms with Gasteiger partial charge >= 0.3 is 5.97 Å². The fraction of sp³-hybridized carbons (Fsp3) is 0.654. The number of aromatic carboxylic acids is 1. The van der Waals surface area contributed by atoms with Gasteiger partial charge in [-0.25, -0.2) is 9.78 Å². The van der Waals surface area contributed by atoms with E-state index in [2.05, 4.69) is 33.2 Å². The number of likely N-dealkylation sites (tertiary alicyclic amines) is 1. The summed E-state index contributed by atoms with van der Waals surface area (Å²) in [5.74, 6) is 0.181. The summed E-state index contributed by atoms with van der Waals surface area (Å²) in [7, 11) is 0. The van der Waals surface area contributed by atoms with E-state index in [9.17, 15) is 14.7 Å². The lowest BCUT2D eigenvalue weighted by Crippen LogP contribution is -2.58. The monoisotopic (exact) mass is 452 g/mol. The minimum Gasteiger partial charge on any atom is -0.478 e. The molecule has 1 atom stereocenters. The molecule has 1 unspecified atom stereocenters. The first kappa shape index (κ1) is 22.4. The topological polar surface area (TPSA) is 78.7 Å². The van der Waals surface area contributed by atoms with E-state index in [-0.39, 0.29) is 12.0 Å². The van der Waals surface area contributed by atoms with Gasteiger partial charge in [0.1, 0.15) is 5.65 Å². The van der Waals surface area contributed by atoms with Crippen molar-refractivity contribution in [3.63, 3.8) is 0 Å². The Morgan fingerprint density at radius 2 is 1.88 bits per heavy atom. The number of carbonyl (C=O) groups excluding carboxylic acids is 1. The molecule has 178 valence electrons. The van der Waals surface area contributed by atoms with Gasteiger partial charge in [-0.1, -0.05) is 0 Å². The average molecular weight is 453 g/mol. The lowest BCUT2D eigenvalue weighted by Gasteiger charge is -2.47. The van der Waals surface area contributed by atoms with E-state index in [1.165, 1.54) is 12.8 Å². The SMILES string of the molecule is CCN(C(=O)C1CN(C2CCC(C(C)n3c(C)c(C(=O)O)c4cccnc43)CC2)C1)C1CC1. The van der Waals surface area contributed by atoms with Crippen LogP contribution in [0.4, 0.5) is 0 Å². The van der Waals surface area contributed by atoms with Crippen molar-refractivity contribution in [2.24, 2.45) is 11.8 Å². The Labute approximate surface area is 195 Å². The van der Waals surface area contributed by atoms with Gasteiger partial charge in [0.15, 0.2) is 0 Å². The van der Waals surface area contributed by atoms with Crippen molar-refractivity contribution >= 4 is 22.9 Å². The number of hydrogen-bond donors (Lipinski definition) is 1. The smallest absolute Gasteiger partial charge is 0.338 e. The highest BCUT2D eigenvalue weighted by Gasteiger charge is 2.43. The van der Waals surface area contributed by atoms with Crippen LogP contribution in [0.25, 0.3) is 11.0 Å². The molecule has 1 saturated heterocycles. The molecule has 7 heteroatoms. The van der Waals surface area contributed by atoms with E-state index in [0.29, 0.717) is 29.5 Å². The third-order valence-electron chi connectivity index (χ3n) is 8.44. The van der Waals surface area contributed by atoms with Crippen LogP contribution in [0.1, 0.15) is 74.5 Å². The first-order chi connectivity index (χ1) is 15.9. The van der Waals surface area contributed by atoms with Crippen molar-refractivity contribution in [2.75, 3.05) is 19.6 Å². The molecule has 2 aromatic rings. The quantitative estimate of drug-likeness (QED) is 0.684. The summed E-state index contributed by atoms with van der Waals surface area (Å²) in [5, 5.41) is 10.5. The van der Waals surface area contributed by atoms with Crippen LogP contribution < -0.4 is 0 Å². The van der Waals surface area contributed by atoms with Crippen LogP contribution in [0.2, 0.25) is 0 Å². The number of pyridine rings is 1. The predicted octanol–water partition coefficient (Wildman–Crippen LogP) is 4.11. The summed E-state index contributed by atoms with van der Waals surface area (Å²) in [4.78, 5) is 33.9. The Morgan fingerprint density at radius 3 is 2.48 bits per heavy atom. The second-order valence-corrected chi connectivity index (χ2v) is 10.3. The Hall–Kier alpha value is -2.41. The number of carbonyl (C=O) groups is 2. The zero-order valence-corrected chi connectivity index (χ0v) is 20.0. The van der Waals surface area contributed by atoms with Crippen LogP contribution in [0.5, 0.6) is 0 Å². The van der Waals surface area contributed by atoms with E-state index in [0.717, 1.165) is 62.0 Å². The number of nitrogens with zero attached hydrogens (tertiary/aromatic N) is 4. The highest BCUT2D eigenvalue weighted by molar-refractivity contribution is 6.04. The molecule has 3 fully saturated rings. The summed E-state index contributed by atoms with van der Waals surface area (Å²) in [6, 6.07) is 4.97. The molecule has 7 nitrogen and oxygen atoms in total. The normalized spacial score (nSPS) is 25.1. The first-order valence-electron chi connectivity index (χ1n) is 12.6. The number of rotatable bonds is 7. The van der Waals surface area contributed by atoms with Crippen molar-refractivity contribution in [3.8, 4) is 0 Å². The maximum absolute atomic E-state index is 12.8. The molecule has 0 spiro atoms. The highest BCUT2D eigenvalue weighted by Crippen LogP contribution is 2.40. The van der Waals surface area contributed by atoms with Gasteiger partial charge in [-0.3, -0.25) is 9.69 Å². The predicted molar refractivity (Wildman–Crippen MR) is 127 cm³/mol. The Balaban J connectivity index is 1.21. The van der Waals surface area contributed by atoms with Gasteiger partial charge in [-0.05, 0) is 77.3 Å². The van der Waals surface area contributed by atoms with Gasteiger partial charge in [0.05, 0.1) is 11.5 Å². The summed E-state index contributed by atoms with van der Waals surface area (Å²) in [6.07, 6.45) is 8.64. The molecule has 1 amide bonds. The van der Waals surface area contributed by atoms with E-state index in [1.807, 2.05) is 19.1 Å². The number of hydrogen-bond acceptors (Lipinski definition) is 4. The van der Waals surface area contributed by atoms with Crippen LogP contribution in [0.3, 0.4) is 0 Å². The van der Waals surface area contributed by atoms with E-state index >= 15 is 0 Å². The number of fused-ring (bicyclic) bond motifs is 1. The van der Waals surface area contributed by atoms with Crippen LogP contribution in [-0.2, 0) is 4.79 Å². The van der Waals surface area contributed by atoms with Crippen LogP contribution in [-0.4, -0.2) is 68.1 Å². The highest BCUT2D eigenvalue weighted by atomic mass is 16.4. The summed E-state index contributed by atoms with van der Waals surface area (Å²) < 4.78 is 2.15. The van der Waals surface area contributed by atoms with Crippen LogP contribution in [0.15, 0.2) is 18.3 Å². The van der Waals surface area contributed by atoms with Crippen LogP contribution >= 0.6 is 0 Å². The molecule has 0 bridgehead atoms. The van der Waals surface area contributed by atoms with Gasteiger partial charge in [0.2, 0.25) is 5.91 Å². The Bertz CT molecular complexity index is 1050. The Kier molecular flexibility index (Phi) is 5.93. The minimum absolute atomic E-state index is 0.191. The second-order valence-electron chi connectivity index (χ2n) is 10.3. The maximum atomic E-state index is 12.8. The average Bonchev–Trinajstić information content (AvgIpc) is 3.55. The van der Waals surface area contributed by atoms with Crippen LogP contribution in [0, 0.1) is 18.8 Å². The largest absolute Gasteiger partial charge is 0.478 e. The van der Waals surface area contributed by atoms with Gasteiger partial charge < -0.3 is 14.6 Å². The van der Waals surface area contributed by atoms with Gasteiger partial charge in [-0.2, -0.15) is 0 Å². The third-order valence-corrected chi connectivity index (χ3v) is 8.44. The van der Waals surface area contributed by atoms with Crippen molar-refractivity contribution in [2.45, 2.75) is 77.4 Å². The molecule has 2 aliphatic carbocycles.